The van der Waals surface area contributed by atoms with Gasteiger partial charge in [-0.25, -0.2) is 4.68 Å². The minimum atomic E-state index is -0.763. The van der Waals surface area contributed by atoms with Crippen LogP contribution in [0, 0.1) is 18.3 Å². The van der Waals surface area contributed by atoms with Crippen LogP contribution < -0.4 is 10.6 Å². The lowest BCUT2D eigenvalue weighted by molar-refractivity contribution is -0.136. The highest BCUT2D eigenvalue weighted by atomic mass is 16.2. The van der Waals surface area contributed by atoms with Gasteiger partial charge in [-0.05, 0) is 49.8 Å². The lowest BCUT2D eigenvalue weighted by Crippen LogP contribution is -2.52. The van der Waals surface area contributed by atoms with E-state index in [1.165, 1.54) is 22.2 Å². The first-order valence-corrected chi connectivity index (χ1v) is 12.3. The quantitative estimate of drug-likeness (QED) is 0.488. The number of aromatic nitrogens is 3. The number of imide groups is 1. The Kier molecular flexibility index (Phi) is 6.08. The molecule has 186 valence electrons. The monoisotopic (exact) mass is 488 g/mol. The summed E-state index contributed by atoms with van der Waals surface area (Å²) in [6, 6.07) is 4.58. The highest BCUT2D eigenvalue weighted by molar-refractivity contribution is 6.05. The second-order valence-corrected chi connectivity index (χ2v) is 9.93. The third kappa shape index (κ3) is 4.26. The van der Waals surface area contributed by atoms with Crippen LogP contribution in [0.3, 0.4) is 0 Å². The molecule has 3 aliphatic rings. The van der Waals surface area contributed by atoms with Crippen LogP contribution in [0.25, 0.3) is 5.69 Å². The molecule has 2 aliphatic heterocycles. The van der Waals surface area contributed by atoms with Gasteiger partial charge in [0.1, 0.15) is 11.6 Å². The number of hydrogen-bond donors (Lipinski definition) is 2. The predicted molar refractivity (Wildman–Crippen MR) is 129 cm³/mol. The van der Waals surface area contributed by atoms with Crippen molar-refractivity contribution in [3.8, 4) is 18.0 Å². The molecule has 2 fully saturated rings. The first-order chi connectivity index (χ1) is 17.3. The highest BCUT2D eigenvalue weighted by Crippen LogP contribution is 2.33. The van der Waals surface area contributed by atoms with Crippen LogP contribution in [0.1, 0.15) is 78.3 Å². The second-order valence-electron chi connectivity index (χ2n) is 9.93. The Labute approximate surface area is 208 Å². The summed E-state index contributed by atoms with van der Waals surface area (Å²) in [5.74, 6) is 1.54. The number of amides is 4. The van der Waals surface area contributed by atoms with E-state index >= 15 is 0 Å². The first-order valence-electron chi connectivity index (χ1n) is 12.3. The lowest BCUT2D eigenvalue weighted by Gasteiger charge is -2.36. The second kappa shape index (κ2) is 9.22. The van der Waals surface area contributed by atoms with Gasteiger partial charge in [0, 0.05) is 18.5 Å². The third-order valence-electron chi connectivity index (χ3n) is 7.60. The summed E-state index contributed by atoms with van der Waals surface area (Å²) in [7, 11) is 0. The van der Waals surface area contributed by atoms with Crippen molar-refractivity contribution in [2.75, 3.05) is 0 Å². The van der Waals surface area contributed by atoms with E-state index in [1.54, 1.807) is 18.2 Å². The fourth-order valence-electron chi connectivity index (χ4n) is 5.42. The van der Waals surface area contributed by atoms with E-state index in [1.807, 2.05) is 6.92 Å². The van der Waals surface area contributed by atoms with Crippen molar-refractivity contribution < 1.29 is 19.2 Å². The molecule has 4 amide bonds. The van der Waals surface area contributed by atoms with Crippen LogP contribution in [0.5, 0.6) is 0 Å². The number of nitrogens with zero attached hydrogens (tertiary/aromatic N) is 4. The van der Waals surface area contributed by atoms with Crippen molar-refractivity contribution in [1.29, 1.82) is 0 Å². The molecule has 1 aromatic heterocycles. The van der Waals surface area contributed by atoms with E-state index < -0.39 is 23.4 Å². The molecule has 10 heteroatoms. The van der Waals surface area contributed by atoms with Crippen molar-refractivity contribution in [2.24, 2.45) is 5.92 Å². The Morgan fingerprint density at radius 2 is 1.97 bits per heavy atom. The summed E-state index contributed by atoms with van der Waals surface area (Å²) in [5, 5.41) is 13.4. The molecule has 5 rings (SSSR count). The average molecular weight is 489 g/mol. The average Bonchev–Trinajstić information content (AvgIpc) is 3.50. The largest absolute Gasteiger partial charge is 0.334 e. The molecule has 0 bridgehead atoms. The van der Waals surface area contributed by atoms with Gasteiger partial charge in [-0.15, -0.1) is 11.5 Å². The summed E-state index contributed by atoms with van der Waals surface area (Å²) < 4.78 is 1.44. The topological polar surface area (TPSA) is 126 Å². The number of nitrogens with one attached hydrogen (secondary N) is 2. The third-order valence-corrected chi connectivity index (χ3v) is 7.60. The van der Waals surface area contributed by atoms with Crippen LogP contribution in [0.4, 0.5) is 0 Å². The Bertz CT molecular complexity index is 1290. The molecule has 2 aromatic rings. The van der Waals surface area contributed by atoms with Gasteiger partial charge in [0.2, 0.25) is 11.8 Å². The van der Waals surface area contributed by atoms with Crippen LogP contribution in [-0.2, 0) is 16.1 Å². The van der Waals surface area contributed by atoms with Gasteiger partial charge in [0.05, 0.1) is 11.9 Å². The maximum atomic E-state index is 13.1. The number of fused-ring (bicyclic) bond motifs is 1. The molecular formula is C26H28N6O4. The molecule has 2 N–H and O–H groups in total. The molecule has 1 aliphatic carbocycles. The predicted octanol–water partition coefficient (Wildman–Crippen LogP) is 1.73. The molecule has 0 spiro atoms. The Morgan fingerprint density at radius 3 is 2.69 bits per heavy atom. The molecule has 0 radical (unpaired) electrons. The zero-order valence-corrected chi connectivity index (χ0v) is 20.1. The summed E-state index contributed by atoms with van der Waals surface area (Å²) in [5.41, 5.74) is 1.16. The number of rotatable bonds is 5. The molecule has 2 unspecified atom stereocenters. The van der Waals surface area contributed by atoms with Crippen molar-refractivity contribution in [3.63, 3.8) is 0 Å². The van der Waals surface area contributed by atoms with E-state index in [4.69, 9.17) is 6.42 Å². The summed E-state index contributed by atoms with van der Waals surface area (Å²) in [4.78, 5) is 51.3. The zero-order chi connectivity index (χ0) is 25.4. The van der Waals surface area contributed by atoms with Gasteiger partial charge < -0.3 is 10.2 Å². The summed E-state index contributed by atoms with van der Waals surface area (Å²) >= 11 is 0. The van der Waals surface area contributed by atoms with Crippen molar-refractivity contribution in [2.45, 2.75) is 70.0 Å². The zero-order valence-electron chi connectivity index (χ0n) is 20.1. The normalized spacial score (nSPS) is 21.9. The SMILES string of the molecule is C#CC(C)(NC(=O)c1cn(-c2ccc3c(c2)C(=O)N(C2CCC(=O)NC2=O)C3)nn1)C1CCCCC1. The molecule has 1 saturated heterocycles. The number of carbonyl (C=O) groups is 4. The van der Waals surface area contributed by atoms with Crippen LogP contribution in [-0.4, -0.2) is 55.1 Å². The summed E-state index contributed by atoms with van der Waals surface area (Å²) in [6.45, 7) is 2.17. The number of hydrogen-bond acceptors (Lipinski definition) is 6. The molecule has 10 nitrogen and oxygen atoms in total. The van der Waals surface area contributed by atoms with Crippen molar-refractivity contribution in [3.05, 3.63) is 41.2 Å². The number of benzene rings is 1. The van der Waals surface area contributed by atoms with E-state index in [0.29, 0.717) is 17.7 Å². The maximum absolute atomic E-state index is 13.1. The van der Waals surface area contributed by atoms with Gasteiger partial charge in [0.15, 0.2) is 5.69 Å². The lowest BCUT2D eigenvalue weighted by atomic mass is 9.76. The fourth-order valence-corrected chi connectivity index (χ4v) is 5.42. The van der Waals surface area contributed by atoms with Gasteiger partial charge in [-0.3, -0.25) is 24.5 Å². The maximum Gasteiger partial charge on any atom is 0.274 e. The van der Waals surface area contributed by atoms with Crippen LogP contribution >= 0.6 is 0 Å². The van der Waals surface area contributed by atoms with Gasteiger partial charge in [-0.2, -0.15) is 0 Å². The molecule has 2 atom stereocenters. The molecule has 1 saturated carbocycles. The minimum absolute atomic E-state index is 0.129. The summed E-state index contributed by atoms with van der Waals surface area (Å²) in [6.07, 6.45) is 13.2. The van der Waals surface area contributed by atoms with Gasteiger partial charge >= 0.3 is 0 Å². The van der Waals surface area contributed by atoms with E-state index in [2.05, 4.69) is 26.9 Å². The van der Waals surface area contributed by atoms with Crippen molar-refractivity contribution >= 4 is 23.6 Å². The molecular weight excluding hydrogens is 460 g/mol. The highest BCUT2D eigenvalue weighted by Gasteiger charge is 2.39. The Balaban J connectivity index is 1.31. The Morgan fingerprint density at radius 1 is 1.19 bits per heavy atom. The smallest absolute Gasteiger partial charge is 0.274 e. The minimum Gasteiger partial charge on any atom is -0.334 e. The molecule has 36 heavy (non-hydrogen) atoms. The van der Waals surface area contributed by atoms with Crippen LogP contribution in [0.2, 0.25) is 0 Å². The number of carbonyl (C=O) groups excluding carboxylic acids is 4. The number of piperidine rings is 1. The van der Waals surface area contributed by atoms with E-state index in [0.717, 1.165) is 31.2 Å². The standard InChI is InChI=1S/C26H28N6O4/c1-3-26(2,17-7-5-4-6-8-17)28-23(34)20-15-32(30-29-20)18-10-9-16-14-31(25(36)19(16)13-18)21-11-12-22(33)27-24(21)35/h1,9-10,13,15,17,21H,4-8,11-12,14H2,2H3,(H,28,34)(H,27,33,35). The fraction of sp³-hybridized carbons (Fsp3) is 0.462. The Hall–Kier alpha value is -4.00. The molecule has 3 heterocycles. The molecule has 1 aromatic carbocycles. The van der Waals surface area contributed by atoms with E-state index in [-0.39, 0.29) is 36.4 Å². The first kappa shape index (κ1) is 23.7. The van der Waals surface area contributed by atoms with Crippen molar-refractivity contribution in [1.82, 2.24) is 30.5 Å². The van der Waals surface area contributed by atoms with E-state index in [9.17, 15) is 19.2 Å². The van der Waals surface area contributed by atoms with Gasteiger partial charge in [-0.1, -0.05) is 36.5 Å². The number of terminal acetylenes is 1. The van der Waals surface area contributed by atoms with Crippen LogP contribution in [0.15, 0.2) is 24.4 Å². The van der Waals surface area contributed by atoms with Gasteiger partial charge in [0.25, 0.3) is 11.8 Å².